The van der Waals surface area contributed by atoms with E-state index in [1.165, 1.54) is 73.3 Å². The minimum atomic E-state index is -0.0729. The van der Waals surface area contributed by atoms with Gasteiger partial charge in [-0.15, -0.1) is 0 Å². The zero-order valence-corrected chi connectivity index (χ0v) is 21.5. The van der Waals surface area contributed by atoms with Crippen molar-refractivity contribution in [3.8, 4) is 0 Å². The maximum Gasteiger partial charge on any atom is 0.0974 e. The summed E-state index contributed by atoms with van der Waals surface area (Å²) >= 11 is 0. The Morgan fingerprint density at radius 2 is 1.94 bits per heavy atom. The molecule has 1 aromatic heterocycles. The fourth-order valence-corrected chi connectivity index (χ4v) is 9.50. The smallest absolute Gasteiger partial charge is 0.0974 e. The van der Waals surface area contributed by atoms with E-state index < -0.39 is 0 Å². The lowest BCUT2D eigenvalue weighted by Gasteiger charge is -2.55. The van der Waals surface area contributed by atoms with Gasteiger partial charge in [-0.05, 0) is 103 Å². The molecule has 6 aliphatic rings. The topological polar surface area (TPSA) is 34.6 Å². The number of hydrogen-bond donors (Lipinski definition) is 0. The summed E-state index contributed by atoms with van der Waals surface area (Å²) in [5.41, 5.74) is 4.78. The molecule has 1 unspecified atom stereocenters. The van der Waals surface area contributed by atoms with Gasteiger partial charge < -0.3 is 9.47 Å². The first kappa shape index (κ1) is 22.0. The van der Waals surface area contributed by atoms with Crippen LogP contribution in [0.25, 0.3) is 10.8 Å². The van der Waals surface area contributed by atoms with Crippen molar-refractivity contribution in [3.05, 3.63) is 65.5 Å². The fraction of sp³-hybridized carbons (Fsp3) is 0.594. The predicted molar refractivity (Wildman–Crippen MR) is 142 cm³/mol. The highest BCUT2D eigenvalue weighted by atomic mass is 16.5. The van der Waals surface area contributed by atoms with Crippen molar-refractivity contribution < 1.29 is 9.47 Å². The predicted octanol–water partition coefficient (Wildman–Crippen LogP) is 6.18. The van der Waals surface area contributed by atoms with Crippen LogP contribution in [0.1, 0.15) is 69.8 Å². The van der Waals surface area contributed by atoms with E-state index in [-0.39, 0.29) is 16.6 Å². The number of ether oxygens (including phenoxy) is 2. The fourth-order valence-electron chi connectivity index (χ4n) is 9.50. The van der Waals surface area contributed by atoms with E-state index in [0.717, 1.165) is 26.3 Å². The van der Waals surface area contributed by atoms with Gasteiger partial charge in [0, 0.05) is 36.9 Å². The van der Waals surface area contributed by atoms with Crippen LogP contribution in [0.4, 0.5) is 0 Å². The monoisotopic (exact) mass is 482 g/mol. The zero-order valence-electron chi connectivity index (χ0n) is 21.5. The number of pyridine rings is 1. The summed E-state index contributed by atoms with van der Waals surface area (Å²) in [7, 11) is 0. The molecule has 0 radical (unpaired) electrons. The largest absolute Gasteiger partial charge is 0.379 e. The zero-order chi connectivity index (χ0) is 24.0. The van der Waals surface area contributed by atoms with Gasteiger partial charge in [0.2, 0.25) is 0 Å². The van der Waals surface area contributed by atoms with Crippen LogP contribution in [0, 0.1) is 11.3 Å². The third kappa shape index (κ3) is 2.95. The van der Waals surface area contributed by atoms with Crippen molar-refractivity contribution in [1.29, 1.82) is 0 Å². The Hall–Kier alpha value is -2.01. The Morgan fingerprint density at radius 1 is 1.03 bits per heavy atom. The molecule has 2 bridgehead atoms. The molecule has 4 fully saturated rings. The van der Waals surface area contributed by atoms with Crippen molar-refractivity contribution in [2.24, 2.45) is 11.3 Å². The molecule has 0 amide bonds. The summed E-state index contributed by atoms with van der Waals surface area (Å²) in [5, 5.41) is 2.56. The van der Waals surface area contributed by atoms with Crippen LogP contribution in [0.15, 0.2) is 60.0 Å². The van der Waals surface area contributed by atoms with Gasteiger partial charge in [-0.1, -0.05) is 31.2 Å². The number of hydrogen-bond acceptors (Lipinski definition) is 4. The number of benzene rings is 1. The summed E-state index contributed by atoms with van der Waals surface area (Å²) in [6.45, 7) is 6.52. The van der Waals surface area contributed by atoms with Gasteiger partial charge in [-0.2, -0.15) is 0 Å². The molecular formula is C32H38N2O2. The molecule has 3 aliphatic carbocycles. The van der Waals surface area contributed by atoms with E-state index in [1.807, 2.05) is 12.4 Å². The lowest BCUT2D eigenvalue weighted by atomic mass is 9.58. The van der Waals surface area contributed by atoms with Crippen LogP contribution >= 0.6 is 0 Å². The SMILES string of the molecule is C[C@]12CC=C3C=C4CCC(N5CCOCC5)C[C@]45CC[C@]3(O5)[C@@H]1CC[C@@H]2c1ccc2ccncc2c1. The van der Waals surface area contributed by atoms with Crippen molar-refractivity contribution in [3.63, 3.8) is 0 Å². The van der Waals surface area contributed by atoms with Crippen LogP contribution in [-0.4, -0.2) is 53.4 Å². The third-order valence-electron chi connectivity index (χ3n) is 11.3. The van der Waals surface area contributed by atoms with Gasteiger partial charge in [0.25, 0.3) is 0 Å². The maximum atomic E-state index is 7.53. The Labute approximate surface area is 214 Å². The molecule has 6 atom stereocenters. The van der Waals surface area contributed by atoms with Crippen LogP contribution in [-0.2, 0) is 9.47 Å². The molecule has 4 heterocycles. The Kier molecular flexibility index (Phi) is 4.74. The second-order valence-electron chi connectivity index (χ2n) is 12.7. The summed E-state index contributed by atoms with van der Waals surface area (Å²) in [6, 6.07) is 9.88. The molecule has 4 heteroatoms. The first-order valence-electron chi connectivity index (χ1n) is 14.4. The average Bonchev–Trinajstić information content (AvgIpc) is 3.43. The molecule has 2 spiro atoms. The van der Waals surface area contributed by atoms with Gasteiger partial charge in [-0.25, -0.2) is 0 Å². The molecule has 2 saturated carbocycles. The van der Waals surface area contributed by atoms with E-state index >= 15 is 0 Å². The van der Waals surface area contributed by atoms with Crippen molar-refractivity contribution in [2.45, 2.75) is 81.5 Å². The molecule has 2 aromatic rings. The van der Waals surface area contributed by atoms with Gasteiger partial charge >= 0.3 is 0 Å². The standard InChI is InChI=1S/C32H38N2O2/c1-30-10-8-26-19-25-4-5-27(34-14-16-35-17-15-34)20-31(25)11-12-32(26,36-31)29(30)7-6-28(30)23-3-2-22-9-13-33-21-24(22)18-23/h2-3,8-9,13,18-19,21,27-29H,4-7,10-12,14-17,20H2,1H3/t27?,28-,29-,30-,31-,32-/m1/s1. The maximum absolute atomic E-state index is 7.53. The highest BCUT2D eigenvalue weighted by Crippen LogP contribution is 2.69. The van der Waals surface area contributed by atoms with E-state index in [2.05, 4.69) is 53.2 Å². The number of fused-ring (bicyclic) bond motifs is 2. The average molecular weight is 483 g/mol. The molecule has 188 valence electrons. The van der Waals surface area contributed by atoms with Crippen LogP contribution in [0.3, 0.4) is 0 Å². The van der Waals surface area contributed by atoms with Crippen LogP contribution in [0.2, 0.25) is 0 Å². The van der Waals surface area contributed by atoms with Gasteiger partial charge in [0.1, 0.15) is 0 Å². The number of nitrogens with zero attached hydrogens (tertiary/aromatic N) is 2. The van der Waals surface area contributed by atoms with Crippen LogP contribution < -0.4 is 0 Å². The minimum Gasteiger partial charge on any atom is -0.379 e. The Balaban J connectivity index is 1.13. The van der Waals surface area contributed by atoms with Gasteiger partial charge in [0.15, 0.2) is 0 Å². The molecule has 4 nitrogen and oxygen atoms in total. The lowest BCUT2D eigenvalue weighted by molar-refractivity contribution is -0.143. The van der Waals surface area contributed by atoms with E-state index in [9.17, 15) is 0 Å². The first-order valence-corrected chi connectivity index (χ1v) is 14.4. The molecule has 2 saturated heterocycles. The highest BCUT2D eigenvalue weighted by molar-refractivity contribution is 5.82. The molecular weight excluding hydrogens is 444 g/mol. The van der Waals surface area contributed by atoms with Crippen molar-refractivity contribution in [2.75, 3.05) is 26.3 Å². The second kappa shape index (κ2) is 7.75. The Morgan fingerprint density at radius 3 is 2.86 bits per heavy atom. The quantitative estimate of drug-likeness (QED) is 0.512. The Bertz CT molecular complexity index is 1280. The third-order valence-corrected chi connectivity index (χ3v) is 11.3. The van der Waals surface area contributed by atoms with Crippen molar-refractivity contribution in [1.82, 2.24) is 9.88 Å². The molecule has 0 N–H and O–H groups in total. The minimum absolute atomic E-state index is 0.0243. The lowest BCUT2D eigenvalue weighted by Crippen LogP contribution is -2.56. The molecule has 36 heavy (non-hydrogen) atoms. The summed E-state index contributed by atoms with van der Waals surface area (Å²) < 4.78 is 13.2. The normalized spacial score (nSPS) is 41.9. The van der Waals surface area contributed by atoms with E-state index in [1.54, 1.807) is 5.57 Å². The van der Waals surface area contributed by atoms with E-state index in [4.69, 9.17) is 9.47 Å². The number of allylic oxidation sites excluding steroid dienone is 1. The number of rotatable bonds is 2. The molecule has 3 aliphatic heterocycles. The summed E-state index contributed by atoms with van der Waals surface area (Å²) in [6.07, 6.45) is 18.9. The molecule has 8 rings (SSSR count). The first-order chi connectivity index (χ1) is 17.6. The van der Waals surface area contributed by atoms with Gasteiger partial charge in [0.05, 0.1) is 24.4 Å². The van der Waals surface area contributed by atoms with Gasteiger partial charge in [-0.3, -0.25) is 9.88 Å². The highest BCUT2D eigenvalue weighted by Gasteiger charge is 2.66. The van der Waals surface area contributed by atoms with E-state index in [0.29, 0.717) is 17.9 Å². The molecule has 1 aromatic carbocycles. The number of aromatic nitrogens is 1. The van der Waals surface area contributed by atoms with Crippen molar-refractivity contribution >= 4 is 10.8 Å². The van der Waals surface area contributed by atoms with Crippen LogP contribution in [0.5, 0.6) is 0 Å². The second-order valence-corrected chi connectivity index (χ2v) is 12.7. The summed E-state index contributed by atoms with van der Waals surface area (Å²) in [5.74, 6) is 1.18. The number of morpholine rings is 1. The summed E-state index contributed by atoms with van der Waals surface area (Å²) in [4.78, 5) is 7.09.